The quantitative estimate of drug-likeness (QED) is 0.874. The molecule has 0 bridgehead atoms. The summed E-state index contributed by atoms with van der Waals surface area (Å²) in [5, 5.41) is 1.87. The standard InChI is InChI=1S/C17H20N2O2S/c1-13-12-22-17(21)19(13)11-14-6-5-7-15(10-14)16(20)18-8-3-2-4-9-18/h5-7,10,12H,2-4,8-9,11H2,1H3. The summed E-state index contributed by atoms with van der Waals surface area (Å²) < 4.78 is 1.75. The van der Waals surface area contributed by atoms with Gasteiger partial charge in [0.25, 0.3) is 5.91 Å². The smallest absolute Gasteiger partial charge is 0.307 e. The monoisotopic (exact) mass is 316 g/mol. The van der Waals surface area contributed by atoms with Crippen LogP contribution in [0.25, 0.3) is 0 Å². The Balaban J connectivity index is 1.80. The average Bonchev–Trinajstić information content (AvgIpc) is 2.87. The summed E-state index contributed by atoms with van der Waals surface area (Å²) in [5.74, 6) is 0.107. The lowest BCUT2D eigenvalue weighted by Crippen LogP contribution is -2.35. The van der Waals surface area contributed by atoms with Gasteiger partial charge in [-0.05, 0) is 43.9 Å². The predicted octanol–water partition coefficient (Wildman–Crippen LogP) is 2.89. The van der Waals surface area contributed by atoms with E-state index in [0.29, 0.717) is 6.54 Å². The molecule has 1 amide bonds. The van der Waals surface area contributed by atoms with E-state index in [0.717, 1.165) is 42.8 Å². The fraction of sp³-hybridized carbons (Fsp3) is 0.412. The first-order chi connectivity index (χ1) is 10.6. The molecule has 0 saturated carbocycles. The van der Waals surface area contributed by atoms with Crippen LogP contribution in [0.5, 0.6) is 0 Å². The highest BCUT2D eigenvalue weighted by Gasteiger charge is 2.18. The lowest BCUT2D eigenvalue weighted by atomic mass is 10.1. The van der Waals surface area contributed by atoms with Crippen LogP contribution in [0.3, 0.4) is 0 Å². The van der Waals surface area contributed by atoms with Crippen LogP contribution in [0.15, 0.2) is 34.4 Å². The van der Waals surface area contributed by atoms with Crippen molar-refractivity contribution in [1.82, 2.24) is 9.47 Å². The predicted molar refractivity (Wildman–Crippen MR) is 88.6 cm³/mol. The van der Waals surface area contributed by atoms with E-state index in [4.69, 9.17) is 0 Å². The number of hydrogen-bond donors (Lipinski definition) is 0. The third-order valence-electron chi connectivity index (χ3n) is 4.13. The molecule has 1 aliphatic rings. The zero-order valence-electron chi connectivity index (χ0n) is 12.7. The van der Waals surface area contributed by atoms with Crippen molar-refractivity contribution < 1.29 is 4.79 Å². The molecule has 1 aliphatic heterocycles. The molecular formula is C17H20N2O2S. The largest absolute Gasteiger partial charge is 0.339 e. The lowest BCUT2D eigenvalue weighted by Gasteiger charge is -2.26. The number of thiazole rings is 1. The lowest BCUT2D eigenvalue weighted by molar-refractivity contribution is 0.0724. The van der Waals surface area contributed by atoms with Gasteiger partial charge < -0.3 is 4.90 Å². The van der Waals surface area contributed by atoms with E-state index >= 15 is 0 Å². The third kappa shape index (κ3) is 3.14. The molecule has 3 rings (SSSR count). The molecule has 0 spiro atoms. The van der Waals surface area contributed by atoms with Crippen molar-refractivity contribution in [2.24, 2.45) is 0 Å². The summed E-state index contributed by atoms with van der Waals surface area (Å²) in [6.07, 6.45) is 3.40. The minimum absolute atomic E-state index is 0.0465. The number of piperidine rings is 1. The number of benzene rings is 1. The number of aryl methyl sites for hydroxylation is 1. The first-order valence-electron chi connectivity index (χ1n) is 7.68. The molecular weight excluding hydrogens is 296 g/mol. The van der Waals surface area contributed by atoms with Crippen molar-refractivity contribution in [3.63, 3.8) is 0 Å². The van der Waals surface area contributed by atoms with Crippen molar-refractivity contribution >= 4 is 17.2 Å². The Morgan fingerprint density at radius 2 is 2.00 bits per heavy atom. The molecule has 1 fully saturated rings. The number of hydrogen-bond acceptors (Lipinski definition) is 3. The Morgan fingerprint density at radius 1 is 1.23 bits per heavy atom. The molecule has 0 atom stereocenters. The maximum absolute atomic E-state index is 12.5. The second-order valence-corrected chi connectivity index (χ2v) is 6.60. The highest BCUT2D eigenvalue weighted by molar-refractivity contribution is 7.07. The van der Waals surface area contributed by atoms with Crippen molar-refractivity contribution in [1.29, 1.82) is 0 Å². The molecule has 1 aromatic heterocycles. The van der Waals surface area contributed by atoms with E-state index in [9.17, 15) is 9.59 Å². The van der Waals surface area contributed by atoms with Crippen molar-refractivity contribution in [3.8, 4) is 0 Å². The Morgan fingerprint density at radius 3 is 2.68 bits per heavy atom. The molecule has 4 nitrogen and oxygen atoms in total. The minimum Gasteiger partial charge on any atom is -0.339 e. The fourth-order valence-electron chi connectivity index (χ4n) is 2.86. The number of rotatable bonds is 3. The second kappa shape index (κ2) is 6.48. The van der Waals surface area contributed by atoms with Crippen molar-refractivity contribution in [2.45, 2.75) is 32.7 Å². The highest BCUT2D eigenvalue weighted by atomic mass is 32.1. The zero-order valence-corrected chi connectivity index (χ0v) is 13.6. The van der Waals surface area contributed by atoms with Gasteiger partial charge in [0.2, 0.25) is 0 Å². The summed E-state index contributed by atoms with van der Waals surface area (Å²) in [6.45, 7) is 4.16. The maximum Gasteiger partial charge on any atom is 0.307 e. The molecule has 1 saturated heterocycles. The Labute approximate surface area is 134 Å². The SMILES string of the molecule is Cc1csc(=O)n1Cc1cccc(C(=O)N2CCCCC2)c1. The van der Waals surface area contributed by atoms with Crippen LogP contribution in [0.2, 0.25) is 0 Å². The van der Waals surface area contributed by atoms with Gasteiger partial charge in [0.1, 0.15) is 0 Å². The van der Waals surface area contributed by atoms with Crippen LogP contribution in [-0.2, 0) is 6.54 Å². The summed E-state index contributed by atoms with van der Waals surface area (Å²) in [7, 11) is 0. The van der Waals surface area contributed by atoms with Gasteiger partial charge in [0, 0.05) is 29.7 Å². The van der Waals surface area contributed by atoms with Crippen LogP contribution in [0, 0.1) is 6.92 Å². The number of amides is 1. The second-order valence-electron chi connectivity index (χ2n) is 5.78. The van der Waals surface area contributed by atoms with Crippen LogP contribution in [0.1, 0.15) is 40.9 Å². The maximum atomic E-state index is 12.5. The van der Waals surface area contributed by atoms with Crippen LogP contribution in [-0.4, -0.2) is 28.5 Å². The van der Waals surface area contributed by atoms with Gasteiger partial charge in [-0.3, -0.25) is 14.2 Å². The number of carbonyl (C=O) groups is 1. The van der Waals surface area contributed by atoms with Gasteiger partial charge in [-0.15, -0.1) is 0 Å². The van der Waals surface area contributed by atoms with E-state index in [1.807, 2.05) is 41.5 Å². The summed E-state index contributed by atoms with van der Waals surface area (Å²) in [6, 6.07) is 7.65. The van der Waals surface area contributed by atoms with Gasteiger partial charge in [0.05, 0.1) is 6.54 Å². The third-order valence-corrected chi connectivity index (χ3v) is 5.02. The van der Waals surface area contributed by atoms with Crippen molar-refractivity contribution in [2.75, 3.05) is 13.1 Å². The van der Waals surface area contributed by atoms with Crippen LogP contribution >= 0.6 is 11.3 Å². The molecule has 0 unspecified atom stereocenters. The van der Waals surface area contributed by atoms with Gasteiger partial charge in [-0.2, -0.15) is 0 Å². The summed E-state index contributed by atoms with van der Waals surface area (Å²) in [4.78, 5) is 26.3. The Bertz CT molecular complexity index is 726. The molecule has 0 radical (unpaired) electrons. The molecule has 2 aromatic rings. The minimum atomic E-state index is 0.0465. The molecule has 1 aromatic carbocycles. The van der Waals surface area contributed by atoms with E-state index in [1.54, 1.807) is 4.57 Å². The molecule has 0 N–H and O–H groups in total. The number of aromatic nitrogens is 1. The highest BCUT2D eigenvalue weighted by Crippen LogP contribution is 2.15. The molecule has 22 heavy (non-hydrogen) atoms. The Hall–Kier alpha value is -1.88. The summed E-state index contributed by atoms with van der Waals surface area (Å²) >= 11 is 1.22. The molecule has 5 heteroatoms. The van der Waals surface area contributed by atoms with E-state index in [1.165, 1.54) is 17.8 Å². The van der Waals surface area contributed by atoms with E-state index in [2.05, 4.69) is 0 Å². The number of likely N-dealkylation sites (tertiary alicyclic amines) is 1. The first kappa shape index (κ1) is 15.0. The van der Waals surface area contributed by atoms with Crippen LogP contribution in [0.4, 0.5) is 0 Å². The molecule has 2 heterocycles. The first-order valence-corrected chi connectivity index (χ1v) is 8.56. The zero-order chi connectivity index (χ0) is 15.5. The van der Waals surface area contributed by atoms with Gasteiger partial charge in [-0.25, -0.2) is 0 Å². The van der Waals surface area contributed by atoms with E-state index < -0.39 is 0 Å². The topological polar surface area (TPSA) is 42.3 Å². The average molecular weight is 316 g/mol. The fourth-order valence-corrected chi connectivity index (χ4v) is 3.60. The number of carbonyl (C=O) groups excluding carboxylic acids is 1. The van der Waals surface area contributed by atoms with Gasteiger partial charge in [0.15, 0.2) is 0 Å². The normalized spacial score (nSPS) is 15.0. The molecule has 116 valence electrons. The molecule has 0 aliphatic carbocycles. The van der Waals surface area contributed by atoms with Crippen molar-refractivity contribution in [3.05, 3.63) is 56.1 Å². The van der Waals surface area contributed by atoms with Crippen LogP contribution < -0.4 is 4.87 Å². The van der Waals surface area contributed by atoms with E-state index in [-0.39, 0.29) is 10.8 Å². The Kier molecular flexibility index (Phi) is 4.43. The van der Waals surface area contributed by atoms with Gasteiger partial charge in [-0.1, -0.05) is 23.5 Å². The number of nitrogens with zero attached hydrogens (tertiary/aromatic N) is 2. The summed E-state index contributed by atoms with van der Waals surface area (Å²) in [5.41, 5.74) is 2.68. The van der Waals surface area contributed by atoms with Gasteiger partial charge >= 0.3 is 4.87 Å².